The third kappa shape index (κ3) is 4.53. The van der Waals surface area contributed by atoms with Gasteiger partial charge in [-0.2, -0.15) is 0 Å². The van der Waals surface area contributed by atoms with Crippen molar-refractivity contribution in [3.8, 4) is 5.75 Å². The summed E-state index contributed by atoms with van der Waals surface area (Å²) < 4.78 is 10.6. The lowest BCUT2D eigenvalue weighted by Gasteiger charge is -2.27. The van der Waals surface area contributed by atoms with Crippen molar-refractivity contribution in [2.45, 2.75) is 38.8 Å². The van der Waals surface area contributed by atoms with Gasteiger partial charge in [-0.1, -0.05) is 26.0 Å². The van der Waals surface area contributed by atoms with Gasteiger partial charge in [0.05, 0.1) is 32.0 Å². The van der Waals surface area contributed by atoms with E-state index in [0.29, 0.717) is 28.7 Å². The number of benzene rings is 2. The molecule has 2 heterocycles. The third-order valence-electron chi connectivity index (χ3n) is 5.82. The molecule has 0 radical (unpaired) electrons. The first-order valence-electron chi connectivity index (χ1n) is 10.8. The molecular formula is C26H26N2O5. The Balaban J connectivity index is 1.64. The predicted molar refractivity (Wildman–Crippen MR) is 123 cm³/mol. The molecule has 1 unspecified atom stereocenters. The number of methoxy groups -OCH3 is 1. The maximum absolute atomic E-state index is 13.4. The minimum absolute atomic E-state index is 0.0711. The van der Waals surface area contributed by atoms with Crippen molar-refractivity contribution >= 4 is 23.4 Å². The van der Waals surface area contributed by atoms with Gasteiger partial charge in [0.2, 0.25) is 5.91 Å². The zero-order chi connectivity index (χ0) is 23.5. The molecule has 170 valence electrons. The zero-order valence-electron chi connectivity index (χ0n) is 18.9. The van der Waals surface area contributed by atoms with Crippen molar-refractivity contribution < 1.29 is 23.5 Å². The minimum atomic E-state index is -0.929. The Morgan fingerprint density at radius 3 is 2.36 bits per heavy atom. The number of furan rings is 1. The summed E-state index contributed by atoms with van der Waals surface area (Å²) in [6.07, 6.45) is 1.42. The van der Waals surface area contributed by atoms with Crippen LogP contribution in [0.5, 0.6) is 5.75 Å². The molecule has 3 aromatic rings. The summed E-state index contributed by atoms with van der Waals surface area (Å²) in [5.74, 6) is 0.351. The molecule has 0 N–H and O–H groups in total. The first kappa shape index (κ1) is 22.3. The lowest BCUT2D eigenvalue weighted by Crippen LogP contribution is -2.45. The Morgan fingerprint density at radius 1 is 1.09 bits per heavy atom. The van der Waals surface area contributed by atoms with Crippen LogP contribution in [0.2, 0.25) is 0 Å². The van der Waals surface area contributed by atoms with Crippen LogP contribution in [0.25, 0.3) is 0 Å². The van der Waals surface area contributed by atoms with E-state index >= 15 is 0 Å². The highest BCUT2D eigenvalue weighted by Crippen LogP contribution is 2.29. The molecular weight excluding hydrogens is 420 g/mol. The molecule has 3 amide bonds. The van der Waals surface area contributed by atoms with Crippen molar-refractivity contribution in [1.29, 1.82) is 0 Å². The first-order chi connectivity index (χ1) is 15.9. The first-order valence-corrected chi connectivity index (χ1v) is 10.8. The van der Waals surface area contributed by atoms with Crippen LogP contribution in [0.1, 0.15) is 47.9 Å². The molecule has 2 aromatic carbocycles. The lowest BCUT2D eigenvalue weighted by atomic mass is 10.0. The van der Waals surface area contributed by atoms with Gasteiger partial charge in [0.15, 0.2) is 0 Å². The molecule has 33 heavy (non-hydrogen) atoms. The van der Waals surface area contributed by atoms with E-state index in [2.05, 4.69) is 13.8 Å². The summed E-state index contributed by atoms with van der Waals surface area (Å²) in [6, 6.07) is 16.5. The van der Waals surface area contributed by atoms with E-state index in [-0.39, 0.29) is 24.8 Å². The fourth-order valence-electron chi connectivity index (χ4n) is 3.93. The standard InChI is InChI=1S/C26H26N2O5/c1-17(2)18-6-10-20(11-7-18)28-24(29)15-23(26(28)31)27(16-22-5-4-14-33-22)25(30)19-8-12-21(32-3)13-9-19/h4-14,17,23H,15-16H2,1-3H3. The van der Waals surface area contributed by atoms with Gasteiger partial charge < -0.3 is 14.1 Å². The summed E-state index contributed by atoms with van der Waals surface area (Å²) >= 11 is 0. The Hall–Kier alpha value is -3.87. The topological polar surface area (TPSA) is 80.1 Å². The van der Waals surface area contributed by atoms with Gasteiger partial charge in [0.1, 0.15) is 17.6 Å². The molecule has 1 fully saturated rings. The molecule has 1 aromatic heterocycles. The van der Waals surface area contributed by atoms with Gasteiger partial charge >= 0.3 is 0 Å². The zero-order valence-corrected chi connectivity index (χ0v) is 18.9. The Labute approximate surface area is 192 Å². The van der Waals surface area contributed by atoms with Crippen molar-refractivity contribution in [3.63, 3.8) is 0 Å². The predicted octanol–water partition coefficient (Wildman–Crippen LogP) is 4.39. The summed E-state index contributed by atoms with van der Waals surface area (Å²) in [7, 11) is 1.55. The van der Waals surface area contributed by atoms with Crippen LogP contribution in [0.3, 0.4) is 0 Å². The highest BCUT2D eigenvalue weighted by Gasteiger charge is 2.44. The monoisotopic (exact) mass is 446 g/mol. The highest BCUT2D eigenvalue weighted by molar-refractivity contribution is 6.23. The third-order valence-corrected chi connectivity index (χ3v) is 5.82. The number of hydrogen-bond acceptors (Lipinski definition) is 5. The number of hydrogen-bond donors (Lipinski definition) is 0. The number of carbonyl (C=O) groups is 3. The fraction of sp³-hybridized carbons (Fsp3) is 0.269. The van der Waals surface area contributed by atoms with E-state index in [4.69, 9.17) is 9.15 Å². The van der Waals surface area contributed by atoms with E-state index in [1.54, 1.807) is 55.6 Å². The molecule has 4 rings (SSSR count). The average molecular weight is 447 g/mol. The van der Waals surface area contributed by atoms with Gasteiger partial charge in [-0.25, -0.2) is 4.90 Å². The van der Waals surface area contributed by atoms with Crippen LogP contribution in [0.15, 0.2) is 71.3 Å². The normalized spacial score (nSPS) is 15.9. The number of ether oxygens (including phenoxy) is 1. The number of rotatable bonds is 7. The quantitative estimate of drug-likeness (QED) is 0.503. The van der Waals surface area contributed by atoms with Gasteiger partial charge in [-0.05, 0) is 60.0 Å². The fourth-order valence-corrected chi connectivity index (χ4v) is 3.93. The second-order valence-corrected chi connectivity index (χ2v) is 8.27. The van der Waals surface area contributed by atoms with E-state index < -0.39 is 11.9 Å². The molecule has 0 spiro atoms. The van der Waals surface area contributed by atoms with E-state index in [9.17, 15) is 14.4 Å². The largest absolute Gasteiger partial charge is 0.497 e. The Bertz CT molecular complexity index is 1130. The van der Waals surface area contributed by atoms with Crippen LogP contribution >= 0.6 is 0 Å². The number of anilines is 1. The molecule has 1 saturated heterocycles. The smallest absolute Gasteiger partial charge is 0.257 e. The van der Waals surface area contributed by atoms with Gasteiger partial charge in [0.25, 0.3) is 11.8 Å². The van der Waals surface area contributed by atoms with Crippen molar-refractivity contribution in [2.24, 2.45) is 0 Å². The van der Waals surface area contributed by atoms with Crippen molar-refractivity contribution in [1.82, 2.24) is 4.90 Å². The van der Waals surface area contributed by atoms with E-state index in [0.717, 1.165) is 5.56 Å². The average Bonchev–Trinajstić information content (AvgIpc) is 3.44. The number of imide groups is 1. The molecule has 1 atom stereocenters. The molecule has 7 nitrogen and oxygen atoms in total. The summed E-state index contributed by atoms with van der Waals surface area (Å²) in [4.78, 5) is 42.3. The van der Waals surface area contributed by atoms with Crippen molar-refractivity contribution in [2.75, 3.05) is 12.0 Å². The highest BCUT2D eigenvalue weighted by atomic mass is 16.5. The molecule has 0 bridgehead atoms. The molecule has 0 aliphatic carbocycles. The van der Waals surface area contributed by atoms with Gasteiger partial charge in [0, 0.05) is 5.56 Å². The van der Waals surface area contributed by atoms with Crippen LogP contribution in [-0.2, 0) is 16.1 Å². The number of carbonyl (C=O) groups excluding carboxylic acids is 3. The minimum Gasteiger partial charge on any atom is -0.497 e. The SMILES string of the molecule is COc1ccc(C(=O)N(Cc2ccco2)C2CC(=O)N(c3ccc(C(C)C)cc3)C2=O)cc1. The number of amides is 3. The van der Waals surface area contributed by atoms with Crippen LogP contribution < -0.4 is 9.64 Å². The van der Waals surface area contributed by atoms with E-state index in [1.165, 1.54) is 16.1 Å². The van der Waals surface area contributed by atoms with Crippen LogP contribution in [0.4, 0.5) is 5.69 Å². The Kier molecular flexibility index (Phi) is 6.31. The van der Waals surface area contributed by atoms with Crippen LogP contribution in [-0.4, -0.2) is 35.8 Å². The lowest BCUT2D eigenvalue weighted by molar-refractivity contribution is -0.122. The van der Waals surface area contributed by atoms with Gasteiger partial charge in [-0.15, -0.1) is 0 Å². The molecule has 0 saturated carbocycles. The summed E-state index contributed by atoms with van der Waals surface area (Å²) in [6.45, 7) is 4.23. The second-order valence-electron chi connectivity index (χ2n) is 8.27. The second kappa shape index (κ2) is 9.32. The maximum atomic E-state index is 13.4. The molecule has 7 heteroatoms. The molecule has 1 aliphatic heterocycles. The summed E-state index contributed by atoms with van der Waals surface area (Å²) in [5.41, 5.74) is 2.01. The Morgan fingerprint density at radius 2 is 1.79 bits per heavy atom. The maximum Gasteiger partial charge on any atom is 0.257 e. The van der Waals surface area contributed by atoms with E-state index in [1.807, 2.05) is 12.1 Å². The number of nitrogens with zero attached hydrogens (tertiary/aromatic N) is 2. The molecule has 1 aliphatic rings. The summed E-state index contributed by atoms with van der Waals surface area (Å²) in [5, 5.41) is 0. The van der Waals surface area contributed by atoms with Gasteiger partial charge in [-0.3, -0.25) is 14.4 Å². The van der Waals surface area contributed by atoms with Crippen molar-refractivity contribution in [3.05, 3.63) is 83.8 Å². The van der Waals surface area contributed by atoms with Crippen LogP contribution in [0, 0.1) is 0 Å².